The average molecular weight is 369 g/mol. The standard InChI is InChI=1S/C16H23N3O5S/c20-12-13-5-9-17(10-6-13)15-4-3-14(19(21)22)11-16(15)25(23,24)18-7-1-2-8-18/h3-4,11,13,20H,1-2,5-10,12H2. The molecule has 0 saturated carbocycles. The third kappa shape index (κ3) is 3.63. The zero-order valence-corrected chi connectivity index (χ0v) is 14.8. The molecular weight excluding hydrogens is 346 g/mol. The quantitative estimate of drug-likeness (QED) is 0.624. The first kappa shape index (κ1) is 18.1. The third-order valence-electron chi connectivity index (χ3n) is 5.05. The van der Waals surface area contributed by atoms with Gasteiger partial charge in [-0.1, -0.05) is 0 Å². The van der Waals surface area contributed by atoms with E-state index in [2.05, 4.69) is 0 Å². The molecular formula is C16H23N3O5S. The molecule has 9 heteroatoms. The molecule has 25 heavy (non-hydrogen) atoms. The minimum Gasteiger partial charge on any atom is -0.396 e. The van der Waals surface area contributed by atoms with E-state index in [1.54, 1.807) is 6.07 Å². The van der Waals surface area contributed by atoms with Gasteiger partial charge >= 0.3 is 0 Å². The van der Waals surface area contributed by atoms with Crippen molar-refractivity contribution in [2.75, 3.05) is 37.7 Å². The smallest absolute Gasteiger partial charge is 0.270 e. The summed E-state index contributed by atoms with van der Waals surface area (Å²) in [6.07, 6.45) is 3.17. The van der Waals surface area contributed by atoms with E-state index < -0.39 is 14.9 Å². The highest BCUT2D eigenvalue weighted by atomic mass is 32.2. The maximum absolute atomic E-state index is 13.0. The predicted octanol–water partition coefficient (Wildman–Crippen LogP) is 1.59. The number of sulfonamides is 1. The first-order chi connectivity index (χ1) is 11.9. The molecule has 2 heterocycles. The topological polar surface area (TPSA) is 104 Å². The third-order valence-corrected chi connectivity index (χ3v) is 6.98. The Morgan fingerprint density at radius 1 is 1.16 bits per heavy atom. The van der Waals surface area contributed by atoms with E-state index in [1.807, 2.05) is 4.90 Å². The van der Waals surface area contributed by atoms with Crippen LogP contribution >= 0.6 is 0 Å². The maximum Gasteiger partial charge on any atom is 0.270 e. The summed E-state index contributed by atoms with van der Waals surface area (Å²) in [7, 11) is -3.76. The van der Waals surface area contributed by atoms with Gasteiger partial charge < -0.3 is 10.0 Å². The number of nitro benzene ring substituents is 1. The summed E-state index contributed by atoms with van der Waals surface area (Å²) in [4.78, 5) is 12.5. The van der Waals surface area contributed by atoms with Gasteiger partial charge in [-0.3, -0.25) is 10.1 Å². The zero-order chi connectivity index (χ0) is 18.0. The van der Waals surface area contributed by atoms with E-state index in [1.165, 1.54) is 16.4 Å². The van der Waals surface area contributed by atoms with Crippen molar-refractivity contribution in [3.8, 4) is 0 Å². The van der Waals surface area contributed by atoms with Crippen LogP contribution in [0.1, 0.15) is 25.7 Å². The molecule has 8 nitrogen and oxygen atoms in total. The van der Waals surface area contributed by atoms with E-state index >= 15 is 0 Å². The van der Waals surface area contributed by atoms with Crippen LogP contribution in [0.5, 0.6) is 0 Å². The molecule has 0 unspecified atom stereocenters. The molecule has 0 bridgehead atoms. The Bertz CT molecular complexity index is 738. The molecule has 2 aliphatic heterocycles. The number of anilines is 1. The van der Waals surface area contributed by atoms with Crippen LogP contribution in [0, 0.1) is 16.0 Å². The van der Waals surface area contributed by atoms with Crippen molar-refractivity contribution in [2.24, 2.45) is 5.92 Å². The van der Waals surface area contributed by atoms with Crippen molar-refractivity contribution >= 4 is 21.4 Å². The number of benzene rings is 1. The van der Waals surface area contributed by atoms with Crippen LogP contribution in [0.4, 0.5) is 11.4 Å². The molecule has 2 saturated heterocycles. The molecule has 138 valence electrons. The lowest BCUT2D eigenvalue weighted by Gasteiger charge is -2.34. The second-order valence-corrected chi connectivity index (χ2v) is 8.54. The molecule has 1 aromatic carbocycles. The monoisotopic (exact) mass is 369 g/mol. The first-order valence-corrected chi connectivity index (χ1v) is 10.0. The largest absolute Gasteiger partial charge is 0.396 e. The number of piperidine rings is 1. The summed E-state index contributed by atoms with van der Waals surface area (Å²) in [5.41, 5.74) is 0.306. The van der Waals surface area contributed by atoms with Gasteiger partial charge in [0.1, 0.15) is 4.90 Å². The fourth-order valence-electron chi connectivity index (χ4n) is 3.51. The Morgan fingerprint density at radius 3 is 2.36 bits per heavy atom. The average Bonchev–Trinajstić information content (AvgIpc) is 3.17. The molecule has 0 amide bonds. The Kier molecular flexibility index (Phi) is 5.26. The van der Waals surface area contributed by atoms with Crippen molar-refractivity contribution in [3.63, 3.8) is 0 Å². The molecule has 0 spiro atoms. The predicted molar refractivity (Wildman–Crippen MR) is 93.1 cm³/mol. The van der Waals surface area contributed by atoms with Gasteiger partial charge in [-0.05, 0) is 37.7 Å². The molecule has 0 atom stereocenters. The van der Waals surface area contributed by atoms with Gasteiger partial charge in [-0.25, -0.2) is 8.42 Å². The molecule has 2 aliphatic rings. The van der Waals surface area contributed by atoms with Crippen LogP contribution in [0.3, 0.4) is 0 Å². The molecule has 3 rings (SSSR count). The van der Waals surface area contributed by atoms with Crippen molar-refractivity contribution in [1.82, 2.24) is 4.31 Å². The van der Waals surface area contributed by atoms with Gasteiger partial charge in [-0.2, -0.15) is 4.31 Å². The highest BCUT2D eigenvalue weighted by molar-refractivity contribution is 7.89. The van der Waals surface area contributed by atoms with E-state index in [0.29, 0.717) is 31.9 Å². The number of hydrogen-bond acceptors (Lipinski definition) is 6. The molecule has 0 aromatic heterocycles. The second-order valence-electron chi connectivity index (χ2n) is 6.63. The van der Waals surface area contributed by atoms with Gasteiger partial charge in [0.2, 0.25) is 10.0 Å². The van der Waals surface area contributed by atoms with Crippen molar-refractivity contribution < 1.29 is 18.4 Å². The number of non-ortho nitro benzene ring substituents is 1. The van der Waals surface area contributed by atoms with Crippen LogP contribution in [-0.4, -0.2) is 55.5 Å². The normalized spacial score (nSPS) is 20.1. The van der Waals surface area contributed by atoms with Gasteiger partial charge in [0.15, 0.2) is 0 Å². The summed E-state index contributed by atoms with van der Waals surface area (Å²) in [5.74, 6) is 0.230. The number of nitro groups is 1. The van der Waals surface area contributed by atoms with Crippen LogP contribution in [0.15, 0.2) is 23.1 Å². The maximum atomic E-state index is 13.0. The second kappa shape index (κ2) is 7.27. The molecule has 2 fully saturated rings. The molecule has 1 N–H and O–H groups in total. The van der Waals surface area contributed by atoms with Gasteiger partial charge in [-0.15, -0.1) is 0 Å². The van der Waals surface area contributed by atoms with Crippen LogP contribution in [0.2, 0.25) is 0 Å². The Morgan fingerprint density at radius 2 is 1.80 bits per heavy atom. The number of nitrogens with zero attached hydrogens (tertiary/aromatic N) is 3. The molecule has 0 aliphatic carbocycles. The Hall–Kier alpha value is -1.71. The van der Waals surface area contributed by atoms with Crippen LogP contribution in [0.25, 0.3) is 0 Å². The minimum atomic E-state index is -3.76. The fourth-order valence-corrected chi connectivity index (χ4v) is 5.26. The molecule has 1 aromatic rings. The summed E-state index contributed by atoms with van der Waals surface area (Å²) in [5, 5.41) is 20.4. The van der Waals surface area contributed by atoms with Crippen LogP contribution < -0.4 is 4.90 Å². The Balaban J connectivity index is 1.99. The number of hydrogen-bond donors (Lipinski definition) is 1. The number of aliphatic hydroxyl groups excluding tert-OH is 1. The lowest BCUT2D eigenvalue weighted by molar-refractivity contribution is -0.385. The lowest BCUT2D eigenvalue weighted by Crippen LogP contribution is -2.37. The van der Waals surface area contributed by atoms with Crippen molar-refractivity contribution in [2.45, 2.75) is 30.6 Å². The van der Waals surface area contributed by atoms with Crippen LogP contribution in [-0.2, 0) is 10.0 Å². The fraction of sp³-hybridized carbons (Fsp3) is 0.625. The highest BCUT2D eigenvalue weighted by Crippen LogP contribution is 2.34. The summed E-state index contributed by atoms with van der Waals surface area (Å²) >= 11 is 0. The summed E-state index contributed by atoms with van der Waals surface area (Å²) in [6, 6.07) is 4.08. The van der Waals surface area contributed by atoms with E-state index in [4.69, 9.17) is 0 Å². The van der Waals surface area contributed by atoms with E-state index in [-0.39, 0.29) is 23.1 Å². The highest BCUT2D eigenvalue weighted by Gasteiger charge is 2.33. The number of aliphatic hydroxyl groups is 1. The summed E-state index contributed by atoms with van der Waals surface area (Å²) < 4.78 is 27.5. The van der Waals surface area contributed by atoms with E-state index in [0.717, 1.165) is 25.7 Å². The van der Waals surface area contributed by atoms with Crippen molar-refractivity contribution in [3.05, 3.63) is 28.3 Å². The molecule has 0 radical (unpaired) electrons. The first-order valence-electron chi connectivity index (χ1n) is 8.58. The Labute approximate surface area is 147 Å². The minimum absolute atomic E-state index is 0.0195. The van der Waals surface area contributed by atoms with Gasteiger partial charge in [0.05, 0.1) is 10.6 Å². The van der Waals surface area contributed by atoms with Gasteiger partial charge in [0, 0.05) is 44.9 Å². The number of rotatable bonds is 5. The van der Waals surface area contributed by atoms with E-state index in [9.17, 15) is 23.6 Å². The van der Waals surface area contributed by atoms with Gasteiger partial charge in [0.25, 0.3) is 5.69 Å². The zero-order valence-electron chi connectivity index (χ0n) is 14.0. The van der Waals surface area contributed by atoms with Crippen molar-refractivity contribution in [1.29, 1.82) is 0 Å². The SMILES string of the molecule is O=[N+]([O-])c1ccc(N2CCC(CO)CC2)c(S(=O)(=O)N2CCCC2)c1. The summed E-state index contributed by atoms with van der Waals surface area (Å²) in [6.45, 7) is 2.30. The lowest BCUT2D eigenvalue weighted by atomic mass is 9.97.